The standard InChI is InChI=1S/C12H18O/c1-3-4-9-5-6-11(13-2)7-10-8-12(9)10/h5,7,10,12H,3-4,6,8H2,1-2H3. The molecule has 0 aromatic heterocycles. The molecule has 13 heavy (non-hydrogen) atoms. The highest BCUT2D eigenvalue weighted by Gasteiger charge is 2.39. The van der Waals surface area contributed by atoms with Crippen molar-refractivity contribution in [1.82, 2.24) is 0 Å². The third kappa shape index (κ3) is 1.79. The van der Waals surface area contributed by atoms with Crippen LogP contribution in [0, 0.1) is 11.8 Å². The highest BCUT2D eigenvalue weighted by Crippen LogP contribution is 2.49. The summed E-state index contributed by atoms with van der Waals surface area (Å²) < 4.78 is 5.31. The lowest BCUT2D eigenvalue weighted by atomic mass is 10.0. The van der Waals surface area contributed by atoms with Crippen LogP contribution in [0.15, 0.2) is 23.5 Å². The second kappa shape index (κ2) is 3.57. The molecule has 0 aromatic carbocycles. The predicted molar refractivity (Wildman–Crippen MR) is 54.3 cm³/mol. The second-order valence-corrected chi connectivity index (χ2v) is 4.08. The number of hydrogen-bond donors (Lipinski definition) is 0. The molecule has 1 heteroatoms. The van der Waals surface area contributed by atoms with Crippen LogP contribution in [0.5, 0.6) is 0 Å². The van der Waals surface area contributed by atoms with Gasteiger partial charge in [0.2, 0.25) is 0 Å². The van der Waals surface area contributed by atoms with E-state index in [4.69, 9.17) is 4.74 Å². The lowest BCUT2D eigenvalue weighted by molar-refractivity contribution is 0.283. The van der Waals surface area contributed by atoms with Gasteiger partial charge in [0.1, 0.15) is 0 Å². The average molecular weight is 178 g/mol. The molecule has 2 aliphatic carbocycles. The van der Waals surface area contributed by atoms with Gasteiger partial charge in [-0.15, -0.1) is 0 Å². The molecular weight excluding hydrogens is 160 g/mol. The van der Waals surface area contributed by atoms with Gasteiger partial charge >= 0.3 is 0 Å². The first-order valence-corrected chi connectivity index (χ1v) is 5.28. The average Bonchev–Trinajstić information content (AvgIpc) is 2.87. The first kappa shape index (κ1) is 8.86. The summed E-state index contributed by atoms with van der Waals surface area (Å²) in [5.41, 5.74) is 1.68. The molecule has 0 aliphatic heterocycles. The molecule has 0 spiro atoms. The number of rotatable bonds is 3. The number of allylic oxidation sites excluding steroid dienone is 3. The molecule has 1 fully saturated rings. The van der Waals surface area contributed by atoms with E-state index in [1.165, 1.54) is 25.0 Å². The minimum Gasteiger partial charge on any atom is -0.501 e. The summed E-state index contributed by atoms with van der Waals surface area (Å²) in [6.45, 7) is 2.26. The largest absolute Gasteiger partial charge is 0.501 e. The maximum absolute atomic E-state index is 5.31. The number of hydrogen-bond acceptors (Lipinski definition) is 1. The predicted octanol–water partition coefficient (Wildman–Crippen LogP) is 3.28. The van der Waals surface area contributed by atoms with Gasteiger partial charge in [0.25, 0.3) is 0 Å². The summed E-state index contributed by atoms with van der Waals surface area (Å²) in [7, 11) is 1.78. The Hall–Kier alpha value is -0.720. The lowest BCUT2D eigenvalue weighted by Crippen LogP contribution is -1.86. The minimum atomic E-state index is 0.801. The molecule has 0 heterocycles. The van der Waals surface area contributed by atoms with Crippen LogP contribution >= 0.6 is 0 Å². The zero-order valence-corrected chi connectivity index (χ0v) is 8.55. The Kier molecular flexibility index (Phi) is 2.43. The van der Waals surface area contributed by atoms with Crippen molar-refractivity contribution < 1.29 is 4.74 Å². The number of fused-ring (bicyclic) bond motifs is 1. The maximum atomic E-state index is 5.31. The Morgan fingerprint density at radius 3 is 3.08 bits per heavy atom. The summed E-state index contributed by atoms with van der Waals surface area (Å²) in [5.74, 6) is 2.83. The van der Waals surface area contributed by atoms with E-state index in [1.54, 1.807) is 12.7 Å². The lowest BCUT2D eigenvalue weighted by Gasteiger charge is -2.03. The third-order valence-corrected chi connectivity index (χ3v) is 3.08. The highest BCUT2D eigenvalue weighted by atomic mass is 16.5. The van der Waals surface area contributed by atoms with Gasteiger partial charge in [-0.3, -0.25) is 0 Å². The molecule has 1 saturated carbocycles. The summed E-state index contributed by atoms with van der Waals surface area (Å²) in [6, 6.07) is 0. The molecule has 0 bridgehead atoms. The summed E-state index contributed by atoms with van der Waals surface area (Å²) in [5, 5.41) is 0. The van der Waals surface area contributed by atoms with E-state index in [0.717, 1.165) is 18.3 Å². The van der Waals surface area contributed by atoms with E-state index in [0.29, 0.717) is 0 Å². The zero-order valence-electron chi connectivity index (χ0n) is 8.55. The summed E-state index contributed by atoms with van der Waals surface area (Å²) >= 11 is 0. The van der Waals surface area contributed by atoms with Crippen LogP contribution < -0.4 is 0 Å². The topological polar surface area (TPSA) is 9.23 Å². The van der Waals surface area contributed by atoms with Gasteiger partial charge in [-0.1, -0.05) is 25.0 Å². The van der Waals surface area contributed by atoms with E-state index in [-0.39, 0.29) is 0 Å². The van der Waals surface area contributed by atoms with Gasteiger partial charge in [-0.05, 0) is 30.8 Å². The van der Waals surface area contributed by atoms with E-state index in [2.05, 4.69) is 19.1 Å². The molecule has 1 nitrogen and oxygen atoms in total. The third-order valence-electron chi connectivity index (χ3n) is 3.08. The smallest absolute Gasteiger partial charge is 0.0956 e. The van der Waals surface area contributed by atoms with Crippen LogP contribution in [0.4, 0.5) is 0 Å². The van der Waals surface area contributed by atoms with E-state index in [1.807, 2.05) is 0 Å². The van der Waals surface area contributed by atoms with Crippen LogP contribution in [0.1, 0.15) is 32.6 Å². The van der Waals surface area contributed by atoms with Crippen LogP contribution in [0.25, 0.3) is 0 Å². The molecule has 0 N–H and O–H groups in total. The van der Waals surface area contributed by atoms with Crippen LogP contribution in [-0.2, 0) is 4.74 Å². The normalized spacial score (nSPS) is 31.2. The summed E-state index contributed by atoms with van der Waals surface area (Å²) in [4.78, 5) is 0. The molecule has 2 aliphatic rings. The summed E-state index contributed by atoms with van der Waals surface area (Å²) in [6.07, 6.45) is 9.64. The maximum Gasteiger partial charge on any atom is 0.0956 e. The molecule has 72 valence electrons. The molecule has 0 saturated heterocycles. The van der Waals surface area contributed by atoms with E-state index >= 15 is 0 Å². The second-order valence-electron chi connectivity index (χ2n) is 4.08. The van der Waals surface area contributed by atoms with Crippen LogP contribution in [-0.4, -0.2) is 7.11 Å². The number of ether oxygens (including phenoxy) is 1. The Balaban J connectivity index is 2.06. The minimum absolute atomic E-state index is 0.801. The van der Waals surface area contributed by atoms with E-state index < -0.39 is 0 Å². The van der Waals surface area contributed by atoms with Crippen LogP contribution in [0.2, 0.25) is 0 Å². The van der Waals surface area contributed by atoms with Gasteiger partial charge < -0.3 is 4.74 Å². The molecular formula is C12H18O. The Labute approximate surface area is 80.5 Å². The molecule has 0 amide bonds. The van der Waals surface area contributed by atoms with Gasteiger partial charge in [-0.2, -0.15) is 0 Å². The van der Waals surface area contributed by atoms with Crippen molar-refractivity contribution in [2.45, 2.75) is 32.6 Å². The van der Waals surface area contributed by atoms with Crippen molar-refractivity contribution in [3.8, 4) is 0 Å². The van der Waals surface area contributed by atoms with Gasteiger partial charge in [0.15, 0.2) is 0 Å². The number of methoxy groups -OCH3 is 1. The molecule has 2 rings (SSSR count). The van der Waals surface area contributed by atoms with Gasteiger partial charge in [0, 0.05) is 6.42 Å². The Morgan fingerprint density at radius 2 is 2.38 bits per heavy atom. The molecule has 2 unspecified atom stereocenters. The van der Waals surface area contributed by atoms with Crippen molar-refractivity contribution in [2.24, 2.45) is 11.8 Å². The Bertz CT molecular complexity index is 250. The van der Waals surface area contributed by atoms with Gasteiger partial charge in [0.05, 0.1) is 12.9 Å². The fraction of sp³-hybridized carbons (Fsp3) is 0.667. The first-order valence-electron chi connectivity index (χ1n) is 5.28. The molecule has 0 aromatic rings. The van der Waals surface area contributed by atoms with Crippen molar-refractivity contribution in [1.29, 1.82) is 0 Å². The van der Waals surface area contributed by atoms with Gasteiger partial charge in [-0.25, -0.2) is 0 Å². The first-order chi connectivity index (χ1) is 6.35. The van der Waals surface area contributed by atoms with Crippen molar-refractivity contribution in [2.75, 3.05) is 7.11 Å². The quantitative estimate of drug-likeness (QED) is 0.603. The fourth-order valence-electron chi connectivity index (χ4n) is 2.24. The van der Waals surface area contributed by atoms with Crippen LogP contribution in [0.3, 0.4) is 0 Å². The molecule has 2 atom stereocenters. The highest BCUT2D eigenvalue weighted by molar-refractivity contribution is 5.26. The zero-order chi connectivity index (χ0) is 9.26. The molecule has 0 radical (unpaired) electrons. The van der Waals surface area contributed by atoms with Crippen molar-refractivity contribution in [3.05, 3.63) is 23.5 Å². The SMILES string of the molecule is CCCC1=CCC(OC)=CC2CC12. The Morgan fingerprint density at radius 1 is 1.54 bits per heavy atom. The van der Waals surface area contributed by atoms with Crippen molar-refractivity contribution >= 4 is 0 Å². The monoisotopic (exact) mass is 178 g/mol. The fourth-order valence-corrected chi connectivity index (χ4v) is 2.24. The van der Waals surface area contributed by atoms with Crippen molar-refractivity contribution in [3.63, 3.8) is 0 Å². The van der Waals surface area contributed by atoms with E-state index in [9.17, 15) is 0 Å².